The summed E-state index contributed by atoms with van der Waals surface area (Å²) in [6, 6.07) is 15.4. The summed E-state index contributed by atoms with van der Waals surface area (Å²) in [5.41, 5.74) is 8.72. The third kappa shape index (κ3) is 3.65. The van der Waals surface area contributed by atoms with Crippen LogP contribution in [0.25, 0.3) is 11.1 Å². The second-order valence-corrected chi connectivity index (χ2v) is 5.34. The average molecular weight is 298 g/mol. The summed E-state index contributed by atoms with van der Waals surface area (Å²) in [7, 11) is 1.67. The normalized spacial score (nSPS) is 13.3. The van der Waals surface area contributed by atoms with E-state index in [-0.39, 0.29) is 11.9 Å². The molecule has 0 radical (unpaired) electrons. The van der Waals surface area contributed by atoms with Gasteiger partial charge in [0.05, 0.1) is 19.2 Å². The van der Waals surface area contributed by atoms with Crippen molar-refractivity contribution in [1.29, 1.82) is 0 Å². The Morgan fingerprint density at radius 1 is 1.09 bits per heavy atom. The molecule has 116 valence electrons. The number of para-hydroxylation sites is 1. The third-order valence-corrected chi connectivity index (χ3v) is 3.60. The molecule has 0 aliphatic heterocycles. The van der Waals surface area contributed by atoms with Crippen molar-refractivity contribution in [3.8, 4) is 16.9 Å². The van der Waals surface area contributed by atoms with Crippen LogP contribution in [0.5, 0.6) is 5.75 Å². The minimum Gasteiger partial charge on any atom is -0.496 e. The van der Waals surface area contributed by atoms with Crippen molar-refractivity contribution in [3.05, 3.63) is 54.1 Å². The van der Waals surface area contributed by atoms with E-state index in [1.165, 1.54) is 0 Å². The number of rotatable bonds is 5. The molecule has 0 aliphatic carbocycles. The number of carbonyl (C=O) groups excluding carboxylic acids is 1. The first-order valence-corrected chi connectivity index (χ1v) is 7.32. The van der Waals surface area contributed by atoms with Crippen molar-refractivity contribution < 1.29 is 9.53 Å². The van der Waals surface area contributed by atoms with Gasteiger partial charge in [-0.3, -0.25) is 4.79 Å². The molecule has 2 aromatic rings. The fraction of sp³-hybridized carbons (Fsp3) is 0.278. The number of nitrogens with one attached hydrogen (secondary N) is 1. The zero-order chi connectivity index (χ0) is 16.1. The molecular formula is C18H22N2O2. The molecule has 0 spiro atoms. The van der Waals surface area contributed by atoms with Gasteiger partial charge in [0, 0.05) is 5.56 Å². The fourth-order valence-electron chi connectivity index (χ4n) is 2.26. The number of ether oxygens (including phenoxy) is 1. The van der Waals surface area contributed by atoms with Gasteiger partial charge in [-0.1, -0.05) is 42.5 Å². The number of nitrogens with two attached hydrogens (primary N) is 1. The highest BCUT2D eigenvalue weighted by Gasteiger charge is 2.13. The zero-order valence-corrected chi connectivity index (χ0v) is 13.2. The van der Waals surface area contributed by atoms with E-state index in [0.29, 0.717) is 0 Å². The average Bonchev–Trinajstić information content (AvgIpc) is 2.54. The Labute approximate surface area is 131 Å². The van der Waals surface area contributed by atoms with E-state index in [9.17, 15) is 4.79 Å². The summed E-state index contributed by atoms with van der Waals surface area (Å²) in [5, 5.41) is 2.89. The molecule has 1 unspecified atom stereocenters. The number of methoxy groups -OCH3 is 1. The van der Waals surface area contributed by atoms with E-state index in [4.69, 9.17) is 10.5 Å². The van der Waals surface area contributed by atoms with Gasteiger partial charge >= 0.3 is 0 Å². The highest BCUT2D eigenvalue weighted by Crippen LogP contribution is 2.30. The summed E-state index contributed by atoms with van der Waals surface area (Å²) in [6.07, 6.45) is 0. The Morgan fingerprint density at radius 2 is 1.73 bits per heavy atom. The van der Waals surface area contributed by atoms with Crippen molar-refractivity contribution in [3.63, 3.8) is 0 Å². The summed E-state index contributed by atoms with van der Waals surface area (Å²) >= 11 is 0. The summed E-state index contributed by atoms with van der Waals surface area (Å²) in [4.78, 5) is 11.6. The van der Waals surface area contributed by atoms with E-state index in [1.807, 2.05) is 55.5 Å². The van der Waals surface area contributed by atoms with Gasteiger partial charge in [0.2, 0.25) is 5.91 Å². The Morgan fingerprint density at radius 3 is 2.32 bits per heavy atom. The van der Waals surface area contributed by atoms with Crippen LogP contribution >= 0.6 is 0 Å². The van der Waals surface area contributed by atoms with Crippen LogP contribution in [0, 0.1) is 0 Å². The van der Waals surface area contributed by atoms with Gasteiger partial charge in [-0.2, -0.15) is 0 Å². The van der Waals surface area contributed by atoms with Crippen molar-refractivity contribution in [1.82, 2.24) is 5.32 Å². The number of carbonyl (C=O) groups is 1. The lowest BCUT2D eigenvalue weighted by atomic mass is 10.0. The van der Waals surface area contributed by atoms with Crippen LogP contribution in [0.15, 0.2) is 48.5 Å². The van der Waals surface area contributed by atoms with Crippen molar-refractivity contribution >= 4 is 5.91 Å². The third-order valence-electron chi connectivity index (χ3n) is 3.60. The lowest BCUT2D eigenvalue weighted by Crippen LogP contribution is -2.39. The standard InChI is InChI=1S/C18H22N2O2/c1-12(19)18(21)20-13(2)14-8-10-15(11-9-14)16-6-4-5-7-17(16)22-3/h4-13H,19H2,1-3H3,(H,20,21)/t12-,13?/m0/s1. The highest BCUT2D eigenvalue weighted by atomic mass is 16.5. The molecule has 0 fully saturated rings. The zero-order valence-electron chi connectivity index (χ0n) is 13.2. The van der Waals surface area contributed by atoms with Crippen molar-refractivity contribution in [2.24, 2.45) is 5.73 Å². The molecule has 2 aromatic carbocycles. The van der Waals surface area contributed by atoms with Gasteiger partial charge in [-0.05, 0) is 31.0 Å². The van der Waals surface area contributed by atoms with Gasteiger partial charge in [-0.15, -0.1) is 0 Å². The van der Waals surface area contributed by atoms with E-state index < -0.39 is 6.04 Å². The Bertz CT molecular complexity index is 636. The lowest BCUT2D eigenvalue weighted by Gasteiger charge is -2.16. The molecule has 22 heavy (non-hydrogen) atoms. The van der Waals surface area contributed by atoms with Crippen LogP contribution < -0.4 is 15.8 Å². The summed E-state index contributed by atoms with van der Waals surface area (Å²) in [5.74, 6) is 0.690. The maximum atomic E-state index is 11.6. The van der Waals surface area contributed by atoms with Crippen LogP contribution in [-0.2, 0) is 4.79 Å². The summed E-state index contributed by atoms with van der Waals surface area (Å²) < 4.78 is 5.39. The fourth-order valence-corrected chi connectivity index (χ4v) is 2.26. The topological polar surface area (TPSA) is 64.3 Å². The maximum Gasteiger partial charge on any atom is 0.237 e. The van der Waals surface area contributed by atoms with Crippen LogP contribution in [-0.4, -0.2) is 19.1 Å². The van der Waals surface area contributed by atoms with E-state index in [2.05, 4.69) is 5.32 Å². The molecule has 4 heteroatoms. The van der Waals surface area contributed by atoms with E-state index in [1.54, 1.807) is 14.0 Å². The van der Waals surface area contributed by atoms with E-state index >= 15 is 0 Å². The highest BCUT2D eigenvalue weighted by molar-refractivity contribution is 5.81. The monoisotopic (exact) mass is 298 g/mol. The molecule has 4 nitrogen and oxygen atoms in total. The van der Waals surface area contributed by atoms with Gasteiger partial charge in [0.1, 0.15) is 5.75 Å². The first-order chi connectivity index (χ1) is 10.5. The maximum absolute atomic E-state index is 11.6. The second-order valence-electron chi connectivity index (χ2n) is 5.34. The molecule has 2 atom stereocenters. The van der Waals surface area contributed by atoms with Crippen LogP contribution in [0.2, 0.25) is 0 Å². The largest absolute Gasteiger partial charge is 0.496 e. The lowest BCUT2D eigenvalue weighted by molar-refractivity contribution is -0.122. The van der Waals surface area contributed by atoms with Gasteiger partial charge < -0.3 is 15.8 Å². The number of amides is 1. The van der Waals surface area contributed by atoms with Crippen molar-refractivity contribution in [2.75, 3.05) is 7.11 Å². The van der Waals surface area contributed by atoms with Crippen LogP contribution in [0.4, 0.5) is 0 Å². The Kier molecular flexibility index (Phi) is 5.17. The number of hydrogen-bond donors (Lipinski definition) is 2. The van der Waals surface area contributed by atoms with Crippen molar-refractivity contribution in [2.45, 2.75) is 25.9 Å². The predicted molar refractivity (Wildman–Crippen MR) is 88.6 cm³/mol. The predicted octanol–water partition coefficient (Wildman–Crippen LogP) is 2.89. The molecule has 3 N–H and O–H groups in total. The first-order valence-electron chi connectivity index (χ1n) is 7.32. The molecule has 0 bridgehead atoms. The molecule has 0 aromatic heterocycles. The smallest absolute Gasteiger partial charge is 0.237 e. The Hall–Kier alpha value is -2.33. The molecule has 1 amide bonds. The quantitative estimate of drug-likeness (QED) is 0.892. The molecule has 0 saturated heterocycles. The summed E-state index contributed by atoms with van der Waals surface area (Å²) in [6.45, 7) is 3.62. The SMILES string of the molecule is COc1ccccc1-c1ccc(C(C)NC(=O)[C@H](C)N)cc1. The molecular weight excluding hydrogens is 276 g/mol. The number of benzene rings is 2. The number of hydrogen-bond acceptors (Lipinski definition) is 3. The van der Waals surface area contributed by atoms with Gasteiger partial charge in [-0.25, -0.2) is 0 Å². The van der Waals surface area contributed by atoms with Crippen LogP contribution in [0.1, 0.15) is 25.5 Å². The van der Waals surface area contributed by atoms with E-state index in [0.717, 1.165) is 22.4 Å². The van der Waals surface area contributed by atoms with Gasteiger partial charge in [0.15, 0.2) is 0 Å². The molecule has 2 rings (SSSR count). The minimum atomic E-state index is -0.504. The van der Waals surface area contributed by atoms with Crippen LogP contribution in [0.3, 0.4) is 0 Å². The second kappa shape index (κ2) is 7.09. The first kappa shape index (κ1) is 16.0. The molecule has 0 heterocycles. The Balaban J connectivity index is 2.18. The van der Waals surface area contributed by atoms with Gasteiger partial charge in [0.25, 0.3) is 0 Å². The molecule has 0 saturated carbocycles. The molecule has 0 aliphatic rings. The minimum absolute atomic E-state index is 0.0785.